The topological polar surface area (TPSA) is 76.1 Å². The fourth-order valence-corrected chi connectivity index (χ4v) is 5.04. The van der Waals surface area contributed by atoms with E-state index in [0.29, 0.717) is 29.6 Å². The molecule has 0 spiro atoms. The van der Waals surface area contributed by atoms with E-state index in [2.05, 4.69) is 31.2 Å². The molecule has 0 aliphatic carbocycles. The summed E-state index contributed by atoms with van der Waals surface area (Å²) in [5, 5.41) is 9.07. The first-order valence-electron chi connectivity index (χ1n) is 11.9. The van der Waals surface area contributed by atoms with Gasteiger partial charge in [-0.05, 0) is 34.9 Å². The van der Waals surface area contributed by atoms with Gasteiger partial charge in [0.05, 0.1) is 18.1 Å². The number of nitrogens with zero attached hydrogens (tertiary/aromatic N) is 1. The summed E-state index contributed by atoms with van der Waals surface area (Å²) in [4.78, 5) is 25.2. The minimum Gasteiger partial charge on any atom is -0.489 e. The Morgan fingerprint density at radius 3 is 2.43 bits per heavy atom. The third kappa shape index (κ3) is 7.21. The van der Waals surface area contributed by atoms with Crippen molar-refractivity contribution >= 4 is 46.3 Å². The molecule has 0 radical (unpaired) electrons. The molecule has 6 nitrogen and oxygen atoms in total. The molecule has 1 atom stereocenters. The molecule has 190 valence electrons. The molecule has 37 heavy (non-hydrogen) atoms. The van der Waals surface area contributed by atoms with Gasteiger partial charge in [-0.1, -0.05) is 97.6 Å². The van der Waals surface area contributed by atoms with E-state index in [1.807, 2.05) is 54.6 Å². The Morgan fingerprint density at radius 2 is 1.73 bits per heavy atom. The number of amides is 1. The minimum atomic E-state index is -1.11. The number of hydrogen-bond acceptors (Lipinski definition) is 6. The molecule has 1 N–H and O–H groups in total. The van der Waals surface area contributed by atoms with E-state index in [-0.39, 0.29) is 10.2 Å². The van der Waals surface area contributed by atoms with Gasteiger partial charge < -0.3 is 14.6 Å². The van der Waals surface area contributed by atoms with E-state index >= 15 is 0 Å². The number of aliphatic carboxylic acids is 1. The predicted octanol–water partition coefficient (Wildman–Crippen LogP) is 5.78. The Hall–Kier alpha value is -3.62. The van der Waals surface area contributed by atoms with Crippen LogP contribution < -0.4 is 9.47 Å². The molecular weight excluding hydrogens is 506 g/mol. The molecule has 1 fully saturated rings. The van der Waals surface area contributed by atoms with Crippen LogP contribution in [0.5, 0.6) is 11.5 Å². The first-order chi connectivity index (χ1) is 17.9. The number of thioether (sulfide) groups is 1. The summed E-state index contributed by atoms with van der Waals surface area (Å²) in [7, 11) is 0. The van der Waals surface area contributed by atoms with Crippen LogP contribution in [0.1, 0.15) is 29.5 Å². The molecule has 0 bridgehead atoms. The summed E-state index contributed by atoms with van der Waals surface area (Å²) in [6.07, 6.45) is 2.43. The highest BCUT2D eigenvalue weighted by molar-refractivity contribution is 8.26. The van der Waals surface area contributed by atoms with Gasteiger partial charge in [0.25, 0.3) is 5.91 Å². The molecule has 0 aromatic heterocycles. The predicted molar refractivity (Wildman–Crippen MR) is 150 cm³/mol. The summed E-state index contributed by atoms with van der Waals surface area (Å²) in [6, 6.07) is 25.8. The molecule has 1 aliphatic rings. The van der Waals surface area contributed by atoms with E-state index < -0.39 is 18.4 Å². The second-order valence-corrected chi connectivity index (χ2v) is 10.3. The van der Waals surface area contributed by atoms with Crippen molar-refractivity contribution < 1.29 is 24.2 Å². The van der Waals surface area contributed by atoms with E-state index in [9.17, 15) is 9.59 Å². The highest BCUT2D eigenvalue weighted by Crippen LogP contribution is 2.35. The average Bonchev–Trinajstić information content (AvgIpc) is 3.16. The highest BCUT2D eigenvalue weighted by atomic mass is 32.2. The van der Waals surface area contributed by atoms with Crippen LogP contribution in [0, 0.1) is 0 Å². The Balaban J connectivity index is 1.52. The minimum absolute atomic E-state index is 0.189. The van der Waals surface area contributed by atoms with Gasteiger partial charge in [0.1, 0.15) is 10.9 Å². The lowest BCUT2D eigenvalue weighted by Crippen LogP contribution is -2.33. The van der Waals surface area contributed by atoms with Crippen molar-refractivity contribution in [1.29, 1.82) is 0 Å². The van der Waals surface area contributed by atoms with Gasteiger partial charge in [0.15, 0.2) is 11.5 Å². The lowest BCUT2D eigenvalue weighted by Gasteiger charge is -2.17. The second-order valence-electron chi connectivity index (χ2n) is 8.57. The molecular formula is C29H27NO5S2. The van der Waals surface area contributed by atoms with Gasteiger partial charge in [-0.3, -0.25) is 14.5 Å². The molecule has 1 amide bonds. The number of carbonyl (C=O) groups is 2. The fourth-order valence-electron chi connectivity index (χ4n) is 3.79. The van der Waals surface area contributed by atoms with E-state index in [4.69, 9.17) is 26.8 Å². The lowest BCUT2D eigenvalue weighted by molar-refractivity contribution is -0.140. The zero-order valence-electron chi connectivity index (χ0n) is 20.3. The quantitative estimate of drug-likeness (QED) is 0.247. The number of thiocarbonyl (C=S) groups is 1. The molecule has 3 aromatic rings. The number of hydrogen-bond donors (Lipinski definition) is 1. The summed E-state index contributed by atoms with van der Waals surface area (Å²) in [5.74, 6) is -0.148. The van der Waals surface area contributed by atoms with Crippen molar-refractivity contribution in [3.8, 4) is 11.5 Å². The summed E-state index contributed by atoms with van der Waals surface area (Å²) >= 11 is 6.29. The highest BCUT2D eigenvalue weighted by Gasteiger charge is 2.33. The van der Waals surface area contributed by atoms with Crippen LogP contribution in [-0.4, -0.2) is 46.0 Å². The van der Waals surface area contributed by atoms with E-state index in [0.717, 1.165) is 28.6 Å². The summed E-state index contributed by atoms with van der Waals surface area (Å²) in [6.45, 7) is 2.59. The number of carboxylic acid groups (broad SMARTS) is 1. The van der Waals surface area contributed by atoms with Crippen molar-refractivity contribution in [2.75, 3.05) is 19.8 Å². The number of carboxylic acids is 1. The van der Waals surface area contributed by atoms with Gasteiger partial charge in [-0.25, -0.2) is 0 Å². The lowest BCUT2D eigenvalue weighted by atomic mass is 10.0. The molecule has 0 saturated carbocycles. The molecule has 4 rings (SSSR count). The van der Waals surface area contributed by atoms with Gasteiger partial charge in [0.2, 0.25) is 0 Å². The second kappa shape index (κ2) is 12.6. The van der Waals surface area contributed by atoms with Crippen molar-refractivity contribution in [3.05, 3.63) is 100 Å². The maximum Gasteiger partial charge on any atom is 0.323 e. The number of benzene rings is 3. The normalized spacial score (nSPS) is 15.2. The Kier molecular flexibility index (Phi) is 8.98. The van der Waals surface area contributed by atoms with Gasteiger partial charge >= 0.3 is 5.97 Å². The molecule has 8 heteroatoms. The van der Waals surface area contributed by atoms with Crippen molar-refractivity contribution in [2.45, 2.75) is 19.3 Å². The van der Waals surface area contributed by atoms with Gasteiger partial charge in [0, 0.05) is 12.3 Å². The van der Waals surface area contributed by atoms with Crippen molar-refractivity contribution in [3.63, 3.8) is 0 Å². The Labute approximate surface area is 225 Å². The van der Waals surface area contributed by atoms with Gasteiger partial charge in [-0.15, -0.1) is 0 Å². The zero-order valence-corrected chi connectivity index (χ0v) is 22.0. The van der Waals surface area contributed by atoms with E-state index in [1.165, 1.54) is 11.1 Å². The van der Waals surface area contributed by atoms with Crippen molar-refractivity contribution in [1.82, 2.24) is 4.90 Å². The molecule has 1 saturated heterocycles. The standard InChI is InChI=1S/C29H27NO5S2/c1-20(23-10-6-3-7-11-23)19-35-24-13-12-22(16-25(24)34-15-14-21-8-4-2-5-9-21)17-26-28(33)30(18-27(31)32)29(36)37-26/h2-13,16-17,20H,14-15,18-19H2,1H3,(H,31,32)/t20-/m1/s1. The van der Waals surface area contributed by atoms with Crippen LogP contribution in [0.15, 0.2) is 83.8 Å². The molecule has 0 unspecified atom stereocenters. The maximum absolute atomic E-state index is 12.7. The first-order valence-corrected chi connectivity index (χ1v) is 13.1. The van der Waals surface area contributed by atoms with E-state index in [1.54, 1.807) is 6.08 Å². The summed E-state index contributed by atoms with van der Waals surface area (Å²) in [5.41, 5.74) is 3.09. The maximum atomic E-state index is 12.7. The Bertz CT molecular complexity index is 1290. The first kappa shape index (κ1) is 26.4. The smallest absolute Gasteiger partial charge is 0.323 e. The number of ether oxygens (including phenoxy) is 2. The molecule has 1 aliphatic heterocycles. The Morgan fingerprint density at radius 1 is 1.03 bits per heavy atom. The van der Waals surface area contributed by atoms with Crippen LogP contribution >= 0.6 is 24.0 Å². The average molecular weight is 534 g/mol. The molecule has 1 heterocycles. The molecule has 3 aromatic carbocycles. The van der Waals surface area contributed by atoms with Crippen LogP contribution in [0.4, 0.5) is 0 Å². The van der Waals surface area contributed by atoms with Crippen LogP contribution in [-0.2, 0) is 16.0 Å². The zero-order chi connectivity index (χ0) is 26.2. The SMILES string of the molecule is C[C@H](COc1ccc(C=C2SC(=S)N(CC(=O)O)C2=O)cc1OCCc1ccccc1)c1ccccc1. The largest absolute Gasteiger partial charge is 0.489 e. The van der Waals surface area contributed by atoms with Crippen LogP contribution in [0.3, 0.4) is 0 Å². The number of rotatable bonds is 11. The third-order valence-corrected chi connectivity index (χ3v) is 7.16. The fraction of sp³-hybridized carbons (Fsp3) is 0.207. The van der Waals surface area contributed by atoms with Crippen LogP contribution in [0.25, 0.3) is 6.08 Å². The van der Waals surface area contributed by atoms with Gasteiger partial charge in [-0.2, -0.15) is 0 Å². The number of carbonyl (C=O) groups excluding carboxylic acids is 1. The summed E-state index contributed by atoms with van der Waals surface area (Å²) < 4.78 is 12.5. The monoisotopic (exact) mass is 533 g/mol. The van der Waals surface area contributed by atoms with Crippen LogP contribution in [0.2, 0.25) is 0 Å². The van der Waals surface area contributed by atoms with Crippen molar-refractivity contribution in [2.24, 2.45) is 0 Å². The third-order valence-electron chi connectivity index (χ3n) is 5.78.